The third-order valence-electron chi connectivity index (χ3n) is 3.57. The monoisotopic (exact) mass is 273 g/mol. The van der Waals surface area contributed by atoms with Gasteiger partial charge in [-0.25, -0.2) is 4.39 Å². The first-order valence-electron chi connectivity index (χ1n) is 6.43. The average Bonchev–Trinajstić information content (AvgIpc) is 2.44. The number of benzene rings is 2. The van der Waals surface area contributed by atoms with Crippen LogP contribution in [0.1, 0.15) is 22.7 Å². The van der Waals surface area contributed by atoms with Gasteiger partial charge in [0.25, 0.3) is 0 Å². The number of fused-ring (bicyclic) bond motifs is 1. The van der Waals surface area contributed by atoms with Gasteiger partial charge in [-0.3, -0.25) is 0 Å². The minimum atomic E-state index is -0.151. The zero-order valence-electron chi connectivity index (χ0n) is 10.8. The van der Waals surface area contributed by atoms with E-state index in [2.05, 4.69) is 29.6 Å². The van der Waals surface area contributed by atoms with Crippen molar-refractivity contribution in [1.82, 2.24) is 0 Å². The fourth-order valence-electron chi connectivity index (χ4n) is 2.45. The highest BCUT2D eigenvalue weighted by Crippen LogP contribution is 2.34. The summed E-state index contributed by atoms with van der Waals surface area (Å²) < 4.78 is 13.6. The summed E-state index contributed by atoms with van der Waals surface area (Å²) in [5.74, 6) is 1.94. The molecule has 98 valence electrons. The second kappa shape index (κ2) is 5.25. The summed E-state index contributed by atoms with van der Waals surface area (Å²) in [6.07, 6.45) is 0. The third-order valence-corrected chi connectivity index (χ3v) is 4.65. The zero-order valence-corrected chi connectivity index (χ0v) is 11.6. The molecule has 1 nitrogen and oxygen atoms in total. The third kappa shape index (κ3) is 2.47. The molecule has 0 fully saturated rings. The van der Waals surface area contributed by atoms with Gasteiger partial charge in [0.05, 0.1) is 6.04 Å². The Balaban J connectivity index is 1.91. The number of anilines is 1. The van der Waals surface area contributed by atoms with E-state index >= 15 is 0 Å². The lowest BCUT2D eigenvalue weighted by molar-refractivity contribution is 0.618. The highest BCUT2D eigenvalue weighted by molar-refractivity contribution is 7.98. The number of thioether (sulfide) groups is 1. The van der Waals surface area contributed by atoms with Crippen molar-refractivity contribution in [3.05, 3.63) is 65.0 Å². The normalized spacial score (nSPS) is 17.9. The van der Waals surface area contributed by atoms with E-state index in [1.807, 2.05) is 24.8 Å². The van der Waals surface area contributed by atoms with Crippen LogP contribution < -0.4 is 5.32 Å². The van der Waals surface area contributed by atoms with E-state index in [1.165, 1.54) is 17.2 Å². The molecule has 3 rings (SSSR count). The molecule has 3 heteroatoms. The molecule has 0 spiro atoms. The van der Waals surface area contributed by atoms with Gasteiger partial charge < -0.3 is 5.32 Å². The van der Waals surface area contributed by atoms with Crippen molar-refractivity contribution in [2.75, 3.05) is 11.1 Å². The molecule has 2 aromatic rings. The van der Waals surface area contributed by atoms with Crippen LogP contribution in [0.5, 0.6) is 0 Å². The Kier molecular flexibility index (Phi) is 3.47. The molecular weight excluding hydrogens is 257 g/mol. The Bertz CT molecular complexity index is 597. The van der Waals surface area contributed by atoms with E-state index in [0.29, 0.717) is 5.56 Å². The first-order chi connectivity index (χ1) is 9.25. The van der Waals surface area contributed by atoms with Crippen LogP contribution in [0.3, 0.4) is 0 Å². The highest BCUT2D eigenvalue weighted by atomic mass is 32.2. The molecule has 1 aliphatic rings. The molecular formula is C16H16FNS. The van der Waals surface area contributed by atoms with Crippen molar-refractivity contribution in [3.8, 4) is 0 Å². The molecule has 1 N–H and O–H groups in total. The molecule has 19 heavy (non-hydrogen) atoms. The Morgan fingerprint density at radius 3 is 2.89 bits per heavy atom. The predicted octanol–water partition coefficient (Wildman–Crippen LogP) is 4.53. The summed E-state index contributed by atoms with van der Waals surface area (Å²) in [6.45, 7) is 1.82. The maximum Gasteiger partial charge on any atom is 0.128 e. The van der Waals surface area contributed by atoms with Crippen LogP contribution in [0, 0.1) is 12.7 Å². The summed E-state index contributed by atoms with van der Waals surface area (Å²) in [4.78, 5) is 0. The number of rotatable bonds is 2. The predicted molar refractivity (Wildman–Crippen MR) is 80.1 cm³/mol. The van der Waals surface area contributed by atoms with Gasteiger partial charge in [-0.2, -0.15) is 11.8 Å². The van der Waals surface area contributed by atoms with Gasteiger partial charge >= 0.3 is 0 Å². The summed E-state index contributed by atoms with van der Waals surface area (Å²) in [5, 5.41) is 3.49. The molecule has 1 unspecified atom stereocenters. The van der Waals surface area contributed by atoms with Crippen molar-refractivity contribution in [1.29, 1.82) is 0 Å². The van der Waals surface area contributed by atoms with Crippen LogP contribution >= 0.6 is 11.8 Å². The van der Waals surface area contributed by atoms with E-state index in [0.717, 1.165) is 17.2 Å². The largest absolute Gasteiger partial charge is 0.377 e. The molecule has 0 amide bonds. The topological polar surface area (TPSA) is 12.0 Å². The second-order valence-corrected chi connectivity index (χ2v) is 5.85. The minimum Gasteiger partial charge on any atom is -0.377 e. The van der Waals surface area contributed by atoms with Gasteiger partial charge in [0.2, 0.25) is 0 Å². The SMILES string of the molecule is Cc1c(F)cccc1NC1CSCc2ccccc21. The van der Waals surface area contributed by atoms with E-state index < -0.39 is 0 Å². The second-order valence-electron chi connectivity index (χ2n) is 4.82. The summed E-state index contributed by atoms with van der Waals surface area (Å²) in [7, 11) is 0. The van der Waals surface area contributed by atoms with Crippen molar-refractivity contribution in [3.63, 3.8) is 0 Å². The fraction of sp³-hybridized carbons (Fsp3) is 0.250. The quantitative estimate of drug-likeness (QED) is 0.862. The van der Waals surface area contributed by atoms with E-state index in [9.17, 15) is 4.39 Å². The molecule has 1 atom stereocenters. The van der Waals surface area contributed by atoms with Crippen LogP contribution in [0.15, 0.2) is 42.5 Å². The van der Waals surface area contributed by atoms with Gasteiger partial charge in [0.15, 0.2) is 0 Å². The van der Waals surface area contributed by atoms with Crippen LogP contribution in [-0.4, -0.2) is 5.75 Å². The number of hydrogen-bond donors (Lipinski definition) is 1. The van der Waals surface area contributed by atoms with Gasteiger partial charge in [-0.05, 0) is 30.2 Å². The lowest BCUT2D eigenvalue weighted by Crippen LogP contribution is -2.19. The number of halogens is 1. The summed E-state index contributed by atoms with van der Waals surface area (Å²) in [5.41, 5.74) is 4.30. The fourth-order valence-corrected chi connectivity index (χ4v) is 3.55. The van der Waals surface area contributed by atoms with Crippen molar-refractivity contribution in [2.45, 2.75) is 18.7 Å². The average molecular weight is 273 g/mol. The lowest BCUT2D eigenvalue weighted by atomic mass is 10.0. The lowest BCUT2D eigenvalue weighted by Gasteiger charge is -2.27. The van der Waals surface area contributed by atoms with Gasteiger partial charge in [0, 0.05) is 22.8 Å². The van der Waals surface area contributed by atoms with Crippen LogP contribution in [0.25, 0.3) is 0 Å². The molecule has 2 aromatic carbocycles. The Labute approximate surface area is 117 Å². The Hall–Kier alpha value is -1.48. The van der Waals surface area contributed by atoms with E-state index in [4.69, 9.17) is 0 Å². The zero-order chi connectivity index (χ0) is 13.2. The molecule has 0 saturated heterocycles. The molecule has 0 saturated carbocycles. The van der Waals surface area contributed by atoms with E-state index in [1.54, 1.807) is 6.07 Å². The minimum absolute atomic E-state index is 0.151. The van der Waals surface area contributed by atoms with Gasteiger partial charge in [0.1, 0.15) is 5.82 Å². The molecule has 0 bridgehead atoms. The van der Waals surface area contributed by atoms with Crippen molar-refractivity contribution < 1.29 is 4.39 Å². The Morgan fingerprint density at radius 1 is 1.16 bits per heavy atom. The summed E-state index contributed by atoms with van der Waals surface area (Å²) >= 11 is 1.92. The molecule has 0 radical (unpaired) electrons. The highest BCUT2D eigenvalue weighted by Gasteiger charge is 2.20. The molecule has 0 aliphatic carbocycles. The first kappa shape index (κ1) is 12.5. The number of hydrogen-bond acceptors (Lipinski definition) is 2. The van der Waals surface area contributed by atoms with Gasteiger partial charge in [-0.15, -0.1) is 0 Å². The summed E-state index contributed by atoms with van der Waals surface area (Å²) in [6, 6.07) is 14.0. The van der Waals surface area contributed by atoms with Gasteiger partial charge in [-0.1, -0.05) is 30.3 Å². The van der Waals surface area contributed by atoms with Crippen molar-refractivity contribution in [2.24, 2.45) is 0 Å². The Morgan fingerprint density at radius 2 is 2.00 bits per heavy atom. The first-order valence-corrected chi connectivity index (χ1v) is 7.58. The van der Waals surface area contributed by atoms with Crippen LogP contribution in [0.4, 0.5) is 10.1 Å². The van der Waals surface area contributed by atoms with Crippen LogP contribution in [0.2, 0.25) is 0 Å². The maximum absolute atomic E-state index is 13.6. The molecule has 0 aromatic heterocycles. The molecule has 1 heterocycles. The molecule has 1 aliphatic heterocycles. The smallest absolute Gasteiger partial charge is 0.128 e. The van der Waals surface area contributed by atoms with Crippen molar-refractivity contribution >= 4 is 17.4 Å². The standard InChI is InChI=1S/C16H16FNS/c1-11-14(17)7-4-8-15(11)18-16-10-19-9-12-5-2-3-6-13(12)16/h2-8,16,18H,9-10H2,1H3. The van der Waals surface area contributed by atoms with Crippen LogP contribution in [-0.2, 0) is 5.75 Å². The number of nitrogens with one attached hydrogen (secondary N) is 1. The van der Waals surface area contributed by atoms with E-state index in [-0.39, 0.29) is 11.9 Å². The maximum atomic E-state index is 13.6.